The molecule has 4 rings (SSSR count). The molecule has 6 nitrogen and oxygen atoms in total. The quantitative estimate of drug-likeness (QED) is 0.813. The topological polar surface area (TPSA) is 70.7 Å². The van der Waals surface area contributed by atoms with Crippen molar-refractivity contribution in [3.63, 3.8) is 0 Å². The van der Waals surface area contributed by atoms with Crippen molar-refractivity contribution >= 4 is 17.6 Å². The van der Waals surface area contributed by atoms with Crippen molar-refractivity contribution in [2.45, 2.75) is 32.4 Å². The number of carbonyl (C=O) groups excluding carboxylic acids is 2. The highest BCUT2D eigenvalue weighted by molar-refractivity contribution is 5.98. The van der Waals surface area contributed by atoms with Crippen molar-refractivity contribution in [1.82, 2.24) is 10.2 Å². The van der Waals surface area contributed by atoms with Gasteiger partial charge in [-0.2, -0.15) is 0 Å². The van der Waals surface area contributed by atoms with Crippen molar-refractivity contribution < 1.29 is 14.3 Å². The number of anilines is 1. The van der Waals surface area contributed by atoms with Gasteiger partial charge in [0.15, 0.2) is 5.72 Å². The van der Waals surface area contributed by atoms with E-state index in [1.165, 1.54) is 0 Å². The molecule has 27 heavy (non-hydrogen) atoms. The van der Waals surface area contributed by atoms with E-state index in [9.17, 15) is 9.59 Å². The van der Waals surface area contributed by atoms with Gasteiger partial charge in [0.1, 0.15) is 5.75 Å². The van der Waals surface area contributed by atoms with Crippen molar-refractivity contribution in [3.8, 4) is 5.75 Å². The van der Waals surface area contributed by atoms with Gasteiger partial charge in [-0.3, -0.25) is 4.79 Å². The maximum absolute atomic E-state index is 12.7. The number of rotatable bonds is 1. The Kier molecular flexibility index (Phi) is 4.26. The van der Waals surface area contributed by atoms with E-state index in [1.54, 1.807) is 11.0 Å². The van der Waals surface area contributed by atoms with Crippen LogP contribution in [0.15, 0.2) is 42.5 Å². The van der Waals surface area contributed by atoms with Crippen LogP contribution in [0.4, 0.5) is 10.5 Å². The summed E-state index contributed by atoms with van der Waals surface area (Å²) in [4.78, 5) is 26.8. The average Bonchev–Trinajstić information content (AvgIpc) is 2.66. The van der Waals surface area contributed by atoms with E-state index in [0.29, 0.717) is 37.2 Å². The number of aryl methyl sites for hydroxylation is 1. The summed E-state index contributed by atoms with van der Waals surface area (Å²) in [5.41, 5.74) is 2.86. The summed E-state index contributed by atoms with van der Waals surface area (Å²) in [5.74, 6) is 0.486. The van der Waals surface area contributed by atoms with Gasteiger partial charge in [-0.15, -0.1) is 0 Å². The molecule has 2 aromatic rings. The molecule has 3 amide bonds. The zero-order valence-corrected chi connectivity index (χ0v) is 15.5. The smallest absolute Gasteiger partial charge is 0.321 e. The number of nitrogens with one attached hydrogen (secondary N) is 2. The molecule has 0 bridgehead atoms. The van der Waals surface area contributed by atoms with Crippen LogP contribution in [0.2, 0.25) is 0 Å². The number of carbonyl (C=O) groups is 2. The van der Waals surface area contributed by atoms with Gasteiger partial charge in [-0.1, -0.05) is 24.3 Å². The minimum Gasteiger partial charge on any atom is -0.467 e. The molecule has 1 spiro atoms. The van der Waals surface area contributed by atoms with E-state index < -0.39 is 5.72 Å². The van der Waals surface area contributed by atoms with Gasteiger partial charge in [0.25, 0.3) is 5.91 Å². The van der Waals surface area contributed by atoms with Gasteiger partial charge in [0.2, 0.25) is 0 Å². The zero-order valence-electron chi connectivity index (χ0n) is 15.5. The molecular formula is C21H23N3O3. The molecule has 2 aliphatic heterocycles. The maximum Gasteiger partial charge on any atom is 0.321 e. The molecular weight excluding hydrogens is 342 g/mol. The highest BCUT2D eigenvalue weighted by Gasteiger charge is 2.43. The second-order valence-corrected chi connectivity index (χ2v) is 7.21. The molecule has 2 heterocycles. The van der Waals surface area contributed by atoms with Gasteiger partial charge in [-0.05, 0) is 43.2 Å². The number of fused-ring (bicyclic) bond motifs is 1. The summed E-state index contributed by atoms with van der Waals surface area (Å²) in [6.07, 6.45) is 1.10. The van der Waals surface area contributed by atoms with Gasteiger partial charge in [-0.25, -0.2) is 4.79 Å². The summed E-state index contributed by atoms with van der Waals surface area (Å²) in [6, 6.07) is 13.0. The van der Waals surface area contributed by atoms with Crippen LogP contribution in [0.3, 0.4) is 0 Å². The number of para-hydroxylation sites is 1. The molecule has 2 aromatic carbocycles. The Bertz CT molecular complexity index is 901. The van der Waals surface area contributed by atoms with Crippen molar-refractivity contribution in [2.75, 3.05) is 18.4 Å². The van der Waals surface area contributed by atoms with Gasteiger partial charge < -0.3 is 20.3 Å². The molecule has 0 aliphatic carbocycles. The van der Waals surface area contributed by atoms with Crippen LogP contribution in [0.1, 0.15) is 34.3 Å². The summed E-state index contributed by atoms with van der Waals surface area (Å²) in [5, 5.41) is 5.99. The molecule has 6 heteroatoms. The Morgan fingerprint density at radius 1 is 1.11 bits per heavy atom. The fourth-order valence-corrected chi connectivity index (χ4v) is 3.63. The Hall–Kier alpha value is -3.02. The lowest BCUT2D eigenvalue weighted by atomic mass is 9.97. The predicted octanol–water partition coefficient (Wildman–Crippen LogP) is 3.45. The first-order valence-corrected chi connectivity index (χ1v) is 9.20. The van der Waals surface area contributed by atoms with E-state index in [-0.39, 0.29) is 11.9 Å². The molecule has 1 fully saturated rings. The summed E-state index contributed by atoms with van der Waals surface area (Å²) in [7, 11) is 0. The number of ether oxygens (including phenoxy) is 1. The van der Waals surface area contributed by atoms with Crippen LogP contribution in [0, 0.1) is 13.8 Å². The predicted molar refractivity (Wildman–Crippen MR) is 103 cm³/mol. The third-order valence-electron chi connectivity index (χ3n) is 5.48. The van der Waals surface area contributed by atoms with Crippen LogP contribution in [0.25, 0.3) is 0 Å². The molecule has 1 saturated heterocycles. The fraction of sp³-hybridized carbons (Fsp3) is 0.333. The largest absolute Gasteiger partial charge is 0.467 e. The first-order chi connectivity index (χ1) is 13.0. The zero-order chi connectivity index (χ0) is 19.0. The molecule has 2 N–H and O–H groups in total. The van der Waals surface area contributed by atoms with Crippen LogP contribution in [-0.2, 0) is 0 Å². The number of likely N-dealkylation sites (tertiary alicyclic amines) is 1. The van der Waals surface area contributed by atoms with Gasteiger partial charge in [0, 0.05) is 31.6 Å². The second-order valence-electron chi connectivity index (χ2n) is 7.21. The minimum absolute atomic E-state index is 0.120. The Labute approximate surface area is 158 Å². The first-order valence-electron chi connectivity index (χ1n) is 9.20. The number of piperidine rings is 1. The van der Waals surface area contributed by atoms with Crippen LogP contribution in [-0.4, -0.2) is 35.7 Å². The third-order valence-corrected chi connectivity index (χ3v) is 5.48. The lowest BCUT2D eigenvalue weighted by Crippen LogP contribution is -2.61. The maximum atomic E-state index is 12.7. The second kappa shape index (κ2) is 6.61. The fourth-order valence-electron chi connectivity index (χ4n) is 3.63. The summed E-state index contributed by atoms with van der Waals surface area (Å²) < 4.78 is 6.12. The monoisotopic (exact) mass is 365 g/mol. The number of amides is 3. The van der Waals surface area contributed by atoms with Gasteiger partial charge >= 0.3 is 6.03 Å². The van der Waals surface area contributed by atoms with E-state index >= 15 is 0 Å². The molecule has 0 radical (unpaired) electrons. The third kappa shape index (κ3) is 3.23. The number of hydrogen-bond acceptors (Lipinski definition) is 3. The van der Waals surface area contributed by atoms with Gasteiger partial charge in [0.05, 0.1) is 5.56 Å². The van der Waals surface area contributed by atoms with E-state index in [1.807, 2.05) is 50.2 Å². The van der Waals surface area contributed by atoms with Crippen LogP contribution >= 0.6 is 0 Å². The van der Waals surface area contributed by atoms with E-state index in [2.05, 4.69) is 10.6 Å². The lowest BCUT2D eigenvalue weighted by Gasteiger charge is -2.44. The van der Waals surface area contributed by atoms with Crippen molar-refractivity contribution in [1.29, 1.82) is 0 Å². The molecule has 0 atom stereocenters. The highest BCUT2D eigenvalue weighted by Crippen LogP contribution is 2.33. The number of urea groups is 1. The van der Waals surface area contributed by atoms with Crippen LogP contribution < -0.4 is 15.4 Å². The molecule has 0 saturated carbocycles. The standard InChI is InChI=1S/C21H23N3O3/c1-14-6-5-8-17(15(14)2)22-20(26)24-12-10-21(11-13-24)23-19(25)16-7-3-4-9-18(16)27-21/h3-9H,10-13H2,1-2H3,(H,22,26)(H,23,25). The highest BCUT2D eigenvalue weighted by atomic mass is 16.5. The van der Waals surface area contributed by atoms with E-state index in [4.69, 9.17) is 4.74 Å². The van der Waals surface area contributed by atoms with E-state index in [0.717, 1.165) is 16.8 Å². The molecule has 0 unspecified atom stereocenters. The number of nitrogens with zero attached hydrogens (tertiary/aromatic N) is 1. The summed E-state index contributed by atoms with van der Waals surface area (Å²) in [6.45, 7) is 5.05. The first kappa shape index (κ1) is 17.4. The molecule has 2 aliphatic rings. The van der Waals surface area contributed by atoms with Crippen molar-refractivity contribution in [2.24, 2.45) is 0 Å². The number of hydrogen-bond donors (Lipinski definition) is 2. The van der Waals surface area contributed by atoms with Crippen LogP contribution in [0.5, 0.6) is 5.75 Å². The normalized spacial score (nSPS) is 17.7. The van der Waals surface area contributed by atoms with Crippen molar-refractivity contribution in [3.05, 3.63) is 59.2 Å². The minimum atomic E-state index is -0.735. The molecule has 0 aromatic heterocycles. The number of benzene rings is 2. The Balaban J connectivity index is 1.43. The Morgan fingerprint density at radius 2 is 1.85 bits per heavy atom. The summed E-state index contributed by atoms with van der Waals surface area (Å²) >= 11 is 0. The Morgan fingerprint density at radius 3 is 2.63 bits per heavy atom. The average molecular weight is 365 g/mol. The molecule has 140 valence electrons. The lowest BCUT2D eigenvalue weighted by molar-refractivity contribution is -0.0203. The SMILES string of the molecule is Cc1cccc(NC(=O)N2CCC3(CC2)NC(=O)c2ccccc2O3)c1C.